The molecule has 2 amide bonds. The molecule has 2 rings (SSSR count). The minimum Gasteiger partial charge on any atom is -0.465 e. The lowest BCUT2D eigenvalue weighted by atomic mass is 10.1. The molecule has 1 heterocycles. The molecule has 8 heteroatoms. The van der Waals surface area contributed by atoms with Crippen LogP contribution in [0.1, 0.15) is 32.1 Å². The third kappa shape index (κ3) is 4.23. The SMILES string of the molecule is COC(=O)c1c(C)[nH]c(C(=O)NCC(=O)Nc2ccc(F)cc2)c1C. The monoisotopic (exact) mass is 347 g/mol. The fourth-order valence-electron chi connectivity index (χ4n) is 2.37. The van der Waals surface area contributed by atoms with E-state index in [0.29, 0.717) is 22.5 Å². The van der Waals surface area contributed by atoms with Crippen LogP contribution in [0.2, 0.25) is 0 Å². The largest absolute Gasteiger partial charge is 0.465 e. The zero-order valence-corrected chi connectivity index (χ0v) is 14.0. The van der Waals surface area contributed by atoms with Crippen molar-refractivity contribution in [2.24, 2.45) is 0 Å². The molecule has 2 aromatic rings. The van der Waals surface area contributed by atoms with Gasteiger partial charge in [-0.05, 0) is 43.7 Å². The number of esters is 1. The van der Waals surface area contributed by atoms with Gasteiger partial charge in [-0.15, -0.1) is 0 Å². The number of ether oxygens (including phenoxy) is 1. The smallest absolute Gasteiger partial charge is 0.339 e. The van der Waals surface area contributed by atoms with Crippen LogP contribution < -0.4 is 10.6 Å². The summed E-state index contributed by atoms with van der Waals surface area (Å²) >= 11 is 0. The Morgan fingerprint density at radius 1 is 1.16 bits per heavy atom. The molecule has 0 aliphatic carbocycles. The normalized spacial score (nSPS) is 10.2. The Labute approximate surface area is 143 Å². The zero-order chi connectivity index (χ0) is 18.6. The van der Waals surface area contributed by atoms with Crippen LogP contribution in [0.4, 0.5) is 10.1 Å². The summed E-state index contributed by atoms with van der Waals surface area (Å²) in [7, 11) is 1.26. The number of hydrogen-bond acceptors (Lipinski definition) is 4. The van der Waals surface area contributed by atoms with Gasteiger partial charge in [-0.25, -0.2) is 9.18 Å². The second kappa shape index (κ2) is 7.61. The fourth-order valence-corrected chi connectivity index (χ4v) is 2.37. The summed E-state index contributed by atoms with van der Waals surface area (Å²) < 4.78 is 17.5. The molecule has 0 atom stereocenters. The summed E-state index contributed by atoms with van der Waals surface area (Å²) in [5.41, 5.74) is 1.85. The van der Waals surface area contributed by atoms with Crippen molar-refractivity contribution in [2.45, 2.75) is 13.8 Å². The average molecular weight is 347 g/mol. The van der Waals surface area contributed by atoms with Gasteiger partial charge in [-0.2, -0.15) is 0 Å². The molecule has 0 saturated heterocycles. The van der Waals surface area contributed by atoms with E-state index in [2.05, 4.69) is 20.4 Å². The molecular weight excluding hydrogens is 329 g/mol. The molecule has 25 heavy (non-hydrogen) atoms. The maximum Gasteiger partial charge on any atom is 0.339 e. The van der Waals surface area contributed by atoms with Crippen molar-refractivity contribution in [3.05, 3.63) is 52.6 Å². The number of amides is 2. The Morgan fingerprint density at radius 2 is 1.80 bits per heavy atom. The van der Waals surface area contributed by atoms with Crippen LogP contribution >= 0.6 is 0 Å². The highest BCUT2D eigenvalue weighted by molar-refractivity contribution is 6.02. The highest BCUT2D eigenvalue weighted by atomic mass is 19.1. The molecule has 0 fully saturated rings. The van der Waals surface area contributed by atoms with Gasteiger partial charge in [0.25, 0.3) is 5.91 Å². The van der Waals surface area contributed by atoms with Gasteiger partial charge >= 0.3 is 5.97 Å². The van der Waals surface area contributed by atoms with E-state index in [4.69, 9.17) is 0 Å². The van der Waals surface area contributed by atoms with Gasteiger partial charge in [-0.3, -0.25) is 9.59 Å². The Bertz CT molecular complexity index is 812. The van der Waals surface area contributed by atoms with Crippen LogP contribution in [0.25, 0.3) is 0 Å². The third-order valence-electron chi connectivity index (χ3n) is 3.59. The van der Waals surface area contributed by atoms with Gasteiger partial charge in [0.15, 0.2) is 0 Å². The summed E-state index contributed by atoms with van der Waals surface area (Å²) in [6.45, 7) is 2.99. The lowest BCUT2D eigenvalue weighted by Gasteiger charge is -2.07. The molecule has 0 bridgehead atoms. The Hall–Kier alpha value is -3.16. The van der Waals surface area contributed by atoms with Crippen molar-refractivity contribution in [1.29, 1.82) is 0 Å². The van der Waals surface area contributed by atoms with Crippen molar-refractivity contribution >= 4 is 23.5 Å². The minimum atomic E-state index is -0.542. The van der Waals surface area contributed by atoms with E-state index in [1.165, 1.54) is 31.4 Å². The first-order valence-electron chi connectivity index (χ1n) is 7.44. The number of benzene rings is 1. The second-order valence-electron chi connectivity index (χ2n) is 5.35. The highest BCUT2D eigenvalue weighted by Crippen LogP contribution is 2.18. The first-order chi connectivity index (χ1) is 11.8. The number of anilines is 1. The summed E-state index contributed by atoms with van der Waals surface area (Å²) in [6.07, 6.45) is 0. The van der Waals surface area contributed by atoms with Gasteiger partial charge in [-0.1, -0.05) is 0 Å². The van der Waals surface area contributed by atoms with Gasteiger partial charge < -0.3 is 20.4 Å². The molecule has 1 aromatic heterocycles. The number of aromatic amines is 1. The molecule has 0 aliphatic rings. The van der Waals surface area contributed by atoms with E-state index >= 15 is 0 Å². The fraction of sp³-hybridized carbons (Fsp3) is 0.235. The number of aromatic nitrogens is 1. The van der Waals surface area contributed by atoms with Gasteiger partial charge in [0.05, 0.1) is 19.2 Å². The molecule has 0 spiro atoms. The molecule has 7 nitrogen and oxygen atoms in total. The number of nitrogens with one attached hydrogen (secondary N) is 3. The number of hydrogen-bond donors (Lipinski definition) is 3. The number of carbonyl (C=O) groups is 3. The first-order valence-corrected chi connectivity index (χ1v) is 7.44. The highest BCUT2D eigenvalue weighted by Gasteiger charge is 2.22. The lowest BCUT2D eigenvalue weighted by Crippen LogP contribution is -2.33. The van der Waals surface area contributed by atoms with Crippen molar-refractivity contribution in [3.63, 3.8) is 0 Å². The molecule has 0 unspecified atom stereocenters. The molecule has 0 aliphatic heterocycles. The first kappa shape index (κ1) is 18.2. The Morgan fingerprint density at radius 3 is 2.40 bits per heavy atom. The standard InChI is InChI=1S/C17H18FN3O4/c1-9-14(17(24)25-3)10(2)20-15(9)16(23)19-8-13(22)21-12-6-4-11(18)5-7-12/h4-7,20H,8H2,1-3H3,(H,19,23)(H,21,22). The lowest BCUT2D eigenvalue weighted by molar-refractivity contribution is -0.115. The maximum atomic E-state index is 12.8. The summed E-state index contributed by atoms with van der Waals surface area (Å²) in [5, 5.41) is 4.99. The van der Waals surface area contributed by atoms with E-state index < -0.39 is 23.6 Å². The van der Waals surface area contributed by atoms with Crippen molar-refractivity contribution in [2.75, 3.05) is 19.0 Å². The molecule has 132 valence electrons. The number of rotatable bonds is 5. The van der Waals surface area contributed by atoms with Crippen LogP contribution in [-0.2, 0) is 9.53 Å². The molecule has 3 N–H and O–H groups in total. The predicted molar refractivity (Wildman–Crippen MR) is 89.0 cm³/mol. The van der Waals surface area contributed by atoms with Crippen LogP contribution in [-0.4, -0.2) is 36.4 Å². The van der Waals surface area contributed by atoms with Crippen LogP contribution in [0.15, 0.2) is 24.3 Å². The van der Waals surface area contributed by atoms with E-state index in [9.17, 15) is 18.8 Å². The van der Waals surface area contributed by atoms with Gasteiger partial charge in [0, 0.05) is 11.4 Å². The molecule has 0 saturated carbocycles. The van der Waals surface area contributed by atoms with E-state index in [1.807, 2.05) is 0 Å². The molecule has 0 radical (unpaired) electrons. The number of methoxy groups -OCH3 is 1. The summed E-state index contributed by atoms with van der Waals surface area (Å²) in [5.74, 6) is -1.94. The number of carbonyl (C=O) groups excluding carboxylic acids is 3. The van der Waals surface area contributed by atoms with E-state index in [1.54, 1.807) is 13.8 Å². The van der Waals surface area contributed by atoms with E-state index in [-0.39, 0.29) is 12.2 Å². The summed E-state index contributed by atoms with van der Waals surface area (Å²) in [6, 6.07) is 5.26. The van der Waals surface area contributed by atoms with Crippen LogP contribution in [0, 0.1) is 19.7 Å². The third-order valence-corrected chi connectivity index (χ3v) is 3.59. The Balaban J connectivity index is 1.99. The van der Waals surface area contributed by atoms with E-state index in [0.717, 1.165) is 0 Å². The minimum absolute atomic E-state index is 0.187. The molecular formula is C17H18FN3O4. The Kier molecular flexibility index (Phi) is 5.53. The van der Waals surface area contributed by atoms with Gasteiger partial charge in [0.2, 0.25) is 5.91 Å². The number of halogens is 1. The summed E-state index contributed by atoms with van der Waals surface area (Å²) in [4.78, 5) is 38.6. The quantitative estimate of drug-likeness (QED) is 0.720. The van der Waals surface area contributed by atoms with Crippen molar-refractivity contribution < 1.29 is 23.5 Å². The van der Waals surface area contributed by atoms with Gasteiger partial charge in [0.1, 0.15) is 11.5 Å². The maximum absolute atomic E-state index is 12.8. The predicted octanol–water partition coefficient (Wildman–Crippen LogP) is 1.93. The average Bonchev–Trinajstić information content (AvgIpc) is 2.88. The zero-order valence-electron chi connectivity index (χ0n) is 14.0. The van der Waals surface area contributed by atoms with Crippen molar-refractivity contribution in [1.82, 2.24) is 10.3 Å². The number of H-pyrrole nitrogens is 1. The topological polar surface area (TPSA) is 100 Å². The van der Waals surface area contributed by atoms with Crippen LogP contribution in [0.3, 0.4) is 0 Å². The number of aryl methyl sites for hydroxylation is 1. The van der Waals surface area contributed by atoms with Crippen LogP contribution in [0.5, 0.6) is 0 Å². The molecule has 1 aromatic carbocycles. The second-order valence-corrected chi connectivity index (χ2v) is 5.35. The van der Waals surface area contributed by atoms with Crippen molar-refractivity contribution in [3.8, 4) is 0 Å².